The van der Waals surface area contributed by atoms with Crippen molar-refractivity contribution in [3.8, 4) is 11.3 Å². The Morgan fingerprint density at radius 2 is 1.78 bits per heavy atom. The summed E-state index contributed by atoms with van der Waals surface area (Å²) in [5.41, 5.74) is -2.19. The summed E-state index contributed by atoms with van der Waals surface area (Å²) < 4.78 is 0. The average Bonchev–Trinajstić information content (AvgIpc) is 2.95. The van der Waals surface area contributed by atoms with Gasteiger partial charge in [0.1, 0.15) is 11.4 Å². The fourth-order valence-electron chi connectivity index (χ4n) is 2.39. The van der Waals surface area contributed by atoms with Gasteiger partial charge in [0.15, 0.2) is 6.29 Å². The highest BCUT2D eigenvalue weighted by Crippen LogP contribution is 2.35. The van der Waals surface area contributed by atoms with Gasteiger partial charge in [0.2, 0.25) is 5.78 Å². The highest BCUT2D eigenvalue weighted by atomic mass is 16.4. The number of Topliss-reactive ketones (excluding diaryl/α,β-unsaturated/α-hetero) is 2. The van der Waals surface area contributed by atoms with Crippen LogP contribution in [0.2, 0.25) is 0 Å². The van der Waals surface area contributed by atoms with E-state index in [1.807, 2.05) is 0 Å². The zero-order valence-corrected chi connectivity index (χ0v) is 11.1. The van der Waals surface area contributed by atoms with E-state index < -0.39 is 40.5 Å². The molecule has 114 valence electrons. The van der Waals surface area contributed by atoms with Crippen molar-refractivity contribution < 1.29 is 34.2 Å². The lowest BCUT2D eigenvalue weighted by Gasteiger charge is -2.16. The molecule has 9 heteroatoms. The van der Waals surface area contributed by atoms with Crippen molar-refractivity contribution in [2.75, 3.05) is 0 Å². The van der Waals surface area contributed by atoms with Crippen LogP contribution in [0.4, 0.5) is 0 Å². The minimum absolute atomic E-state index is 0.0253. The van der Waals surface area contributed by atoms with Crippen LogP contribution in [-0.2, 0) is 0 Å². The molecule has 0 bridgehead atoms. The van der Waals surface area contributed by atoms with Gasteiger partial charge in [-0.15, -0.1) is 0 Å². The van der Waals surface area contributed by atoms with Gasteiger partial charge in [-0.2, -0.15) is 0 Å². The normalized spacial score (nSPS) is 12.5. The molecule has 3 rings (SSSR count). The zero-order chi connectivity index (χ0) is 16.9. The molecule has 0 radical (unpaired) electrons. The van der Waals surface area contributed by atoms with Gasteiger partial charge in [-0.05, 0) is 12.1 Å². The number of aromatic amines is 1. The number of pyridine rings is 1. The summed E-state index contributed by atoms with van der Waals surface area (Å²) in [6.07, 6.45) is 0.398. The minimum Gasteiger partial charge on any atom is -0.478 e. The Hall–Kier alpha value is -3.62. The van der Waals surface area contributed by atoms with Gasteiger partial charge in [-0.1, -0.05) is 0 Å². The molecule has 23 heavy (non-hydrogen) atoms. The minimum atomic E-state index is -1.54. The van der Waals surface area contributed by atoms with Crippen molar-refractivity contribution in [1.29, 1.82) is 0 Å². The van der Waals surface area contributed by atoms with Crippen molar-refractivity contribution in [2.45, 2.75) is 0 Å². The number of carbonyl (C=O) groups is 5. The molecule has 3 N–H and O–H groups in total. The lowest BCUT2D eigenvalue weighted by atomic mass is 9.88. The van der Waals surface area contributed by atoms with Crippen molar-refractivity contribution in [1.82, 2.24) is 9.97 Å². The van der Waals surface area contributed by atoms with Crippen molar-refractivity contribution in [3.05, 3.63) is 40.3 Å². The van der Waals surface area contributed by atoms with Crippen molar-refractivity contribution in [3.63, 3.8) is 0 Å². The topological polar surface area (TPSA) is 154 Å². The molecule has 2 aromatic heterocycles. The molecular formula is C14H6N2O7. The van der Waals surface area contributed by atoms with Gasteiger partial charge >= 0.3 is 11.9 Å². The molecule has 2 aromatic rings. The predicted octanol–water partition coefficient (Wildman–Crippen LogP) is 0.665. The van der Waals surface area contributed by atoms with E-state index in [1.165, 1.54) is 0 Å². The summed E-state index contributed by atoms with van der Waals surface area (Å²) >= 11 is 0. The summed E-state index contributed by atoms with van der Waals surface area (Å²) in [6.45, 7) is 0. The van der Waals surface area contributed by atoms with Crippen LogP contribution in [0.3, 0.4) is 0 Å². The van der Waals surface area contributed by atoms with E-state index >= 15 is 0 Å². The van der Waals surface area contributed by atoms with Crippen LogP contribution in [0.5, 0.6) is 0 Å². The molecule has 0 saturated heterocycles. The predicted molar refractivity (Wildman–Crippen MR) is 72.0 cm³/mol. The van der Waals surface area contributed by atoms with E-state index in [0.717, 1.165) is 12.1 Å². The fourth-order valence-corrected chi connectivity index (χ4v) is 2.39. The highest BCUT2D eigenvalue weighted by Gasteiger charge is 2.37. The first kappa shape index (κ1) is 14.3. The number of aromatic carboxylic acids is 2. The van der Waals surface area contributed by atoms with E-state index in [0.29, 0.717) is 6.29 Å². The molecule has 1 aliphatic rings. The molecule has 0 aromatic carbocycles. The molecule has 2 heterocycles. The Kier molecular flexibility index (Phi) is 2.93. The summed E-state index contributed by atoms with van der Waals surface area (Å²) in [5, 5.41) is 18.3. The average molecular weight is 314 g/mol. The number of ketones is 2. The van der Waals surface area contributed by atoms with Crippen LogP contribution in [0.1, 0.15) is 52.2 Å². The van der Waals surface area contributed by atoms with E-state index in [2.05, 4.69) is 9.97 Å². The summed E-state index contributed by atoms with van der Waals surface area (Å²) in [5.74, 6) is -5.17. The molecule has 0 aliphatic heterocycles. The number of nitrogens with one attached hydrogen (secondary N) is 1. The zero-order valence-electron chi connectivity index (χ0n) is 11.1. The van der Waals surface area contributed by atoms with Gasteiger partial charge in [-0.3, -0.25) is 14.4 Å². The summed E-state index contributed by atoms with van der Waals surface area (Å²) in [6, 6.07) is 1.92. The maximum Gasteiger partial charge on any atom is 0.354 e. The van der Waals surface area contributed by atoms with Gasteiger partial charge in [-0.25, -0.2) is 14.6 Å². The number of carboxylic acid groups (broad SMARTS) is 2. The fraction of sp³-hybridized carbons (Fsp3) is 0. The Bertz CT molecular complexity index is 939. The van der Waals surface area contributed by atoms with E-state index in [1.54, 1.807) is 0 Å². The molecule has 0 amide bonds. The van der Waals surface area contributed by atoms with Gasteiger partial charge in [0, 0.05) is 5.56 Å². The number of rotatable bonds is 3. The summed E-state index contributed by atoms with van der Waals surface area (Å²) in [4.78, 5) is 63.6. The lowest BCUT2D eigenvalue weighted by Crippen LogP contribution is -2.25. The van der Waals surface area contributed by atoms with E-state index in [9.17, 15) is 29.1 Å². The van der Waals surface area contributed by atoms with Crippen LogP contribution in [0.15, 0.2) is 12.1 Å². The Morgan fingerprint density at radius 3 is 2.35 bits per heavy atom. The largest absolute Gasteiger partial charge is 0.478 e. The lowest BCUT2D eigenvalue weighted by molar-refractivity contribution is 0.0689. The number of aldehydes is 1. The van der Waals surface area contributed by atoms with Gasteiger partial charge in [0.25, 0.3) is 5.78 Å². The first-order valence-corrected chi connectivity index (χ1v) is 6.14. The Balaban J connectivity index is 2.45. The first-order valence-electron chi connectivity index (χ1n) is 6.14. The second-order valence-corrected chi connectivity index (χ2v) is 4.68. The van der Waals surface area contributed by atoms with Crippen molar-refractivity contribution in [2.24, 2.45) is 0 Å². The van der Waals surface area contributed by atoms with Gasteiger partial charge in [0.05, 0.1) is 22.5 Å². The number of carboxylic acids is 2. The Labute approximate surface area is 126 Å². The number of H-pyrrole nitrogens is 1. The SMILES string of the molecule is O=Cc1cc2c([nH]1)-c1c(C(=O)O)cc(C(=O)O)nc1C(=O)C2=O. The van der Waals surface area contributed by atoms with E-state index in [4.69, 9.17) is 5.11 Å². The van der Waals surface area contributed by atoms with Crippen LogP contribution < -0.4 is 0 Å². The third-order valence-electron chi connectivity index (χ3n) is 3.35. The number of fused-ring (bicyclic) bond motifs is 3. The smallest absolute Gasteiger partial charge is 0.354 e. The molecule has 0 spiro atoms. The summed E-state index contributed by atoms with van der Waals surface area (Å²) in [7, 11) is 0. The number of carbonyl (C=O) groups excluding carboxylic acids is 3. The molecule has 0 unspecified atom stereocenters. The first-order chi connectivity index (χ1) is 10.8. The third-order valence-corrected chi connectivity index (χ3v) is 3.35. The third kappa shape index (κ3) is 1.94. The van der Waals surface area contributed by atoms with Crippen molar-refractivity contribution >= 4 is 29.8 Å². The van der Waals surface area contributed by atoms with Gasteiger partial charge < -0.3 is 15.2 Å². The molecule has 0 saturated carbocycles. The molecule has 0 atom stereocenters. The maximum absolute atomic E-state index is 12.1. The van der Waals surface area contributed by atoms with Crippen LogP contribution in [0.25, 0.3) is 11.3 Å². The maximum atomic E-state index is 12.1. The van der Waals surface area contributed by atoms with Crippen LogP contribution >= 0.6 is 0 Å². The second kappa shape index (κ2) is 4.70. The second-order valence-electron chi connectivity index (χ2n) is 4.68. The standard InChI is InChI=1S/C14H6N2O7/c17-3-4-1-6-9(15-4)8-5(13(20)21)2-7(14(22)23)16-10(8)12(19)11(6)18/h1-3,15H,(H,20,21)(H,22,23). The molecule has 1 aliphatic carbocycles. The Morgan fingerprint density at radius 1 is 1.09 bits per heavy atom. The number of hydrogen-bond donors (Lipinski definition) is 3. The highest BCUT2D eigenvalue weighted by molar-refractivity contribution is 6.52. The number of nitrogens with zero attached hydrogens (tertiary/aromatic N) is 1. The van der Waals surface area contributed by atoms with Crippen LogP contribution in [-0.4, -0.2) is 50.0 Å². The van der Waals surface area contributed by atoms with Crippen LogP contribution in [0, 0.1) is 0 Å². The monoisotopic (exact) mass is 314 g/mol. The molecular weight excluding hydrogens is 308 g/mol. The van der Waals surface area contributed by atoms with E-state index in [-0.39, 0.29) is 22.5 Å². The number of hydrogen-bond acceptors (Lipinski definition) is 6. The molecule has 9 nitrogen and oxygen atoms in total. The quantitative estimate of drug-likeness (QED) is 0.551. The number of aromatic nitrogens is 2. The molecule has 0 fully saturated rings.